The number of nitrogens with zero attached hydrogens (tertiary/aromatic N) is 2. The molecule has 1 atom stereocenters. The number of ether oxygens (including phenoxy) is 2. The lowest BCUT2D eigenvalue weighted by Crippen LogP contribution is -2.25. The zero-order valence-electron chi connectivity index (χ0n) is 40.3. The Balaban J connectivity index is 1.33. The molecule has 0 aliphatic heterocycles. The highest BCUT2D eigenvalue weighted by Crippen LogP contribution is 2.55. The first-order valence-corrected chi connectivity index (χ1v) is 24.7. The third-order valence-corrected chi connectivity index (χ3v) is 13.5. The molecule has 0 saturated carbocycles. The van der Waals surface area contributed by atoms with Crippen molar-refractivity contribution in [3.05, 3.63) is 160 Å². The number of nitriles is 2. The number of hydrogen-bond donors (Lipinski definition) is 0. The summed E-state index contributed by atoms with van der Waals surface area (Å²) in [6.45, 7) is 13.7. The van der Waals surface area contributed by atoms with Gasteiger partial charge in [0, 0.05) is 16.5 Å². The Morgan fingerprint density at radius 3 is 1.67 bits per heavy atom. The largest absolute Gasteiger partial charge is 0.496 e. The molecule has 0 bridgehead atoms. The molecule has 0 aromatic heterocycles. The van der Waals surface area contributed by atoms with E-state index in [1.807, 2.05) is 66.7 Å². The number of rotatable bonds is 25. The summed E-state index contributed by atoms with van der Waals surface area (Å²) >= 11 is 0. The van der Waals surface area contributed by atoms with E-state index >= 15 is 0 Å². The molecule has 1 aliphatic rings. The van der Waals surface area contributed by atoms with E-state index < -0.39 is 0 Å². The van der Waals surface area contributed by atoms with E-state index in [4.69, 9.17) is 9.47 Å². The predicted octanol–water partition coefficient (Wildman–Crippen LogP) is 17.4. The van der Waals surface area contributed by atoms with Crippen LogP contribution < -0.4 is 9.47 Å². The lowest BCUT2D eigenvalue weighted by molar-refractivity contribution is 0.232. The summed E-state index contributed by atoms with van der Waals surface area (Å²) in [4.78, 5) is 0. The highest BCUT2D eigenvalue weighted by molar-refractivity contribution is 5.93. The Bertz CT molecular complexity index is 2550. The maximum absolute atomic E-state index is 10.6. The monoisotopic (exact) mass is 875 g/mol. The normalized spacial score (nSPS) is 13.4. The fourth-order valence-electron chi connectivity index (χ4n) is 9.64. The fourth-order valence-corrected chi connectivity index (χ4v) is 9.64. The van der Waals surface area contributed by atoms with Crippen LogP contribution in [0.2, 0.25) is 0 Å². The number of methoxy groups -OCH3 is 1. The van der Waals surface area contributed by atoms with Crippen LogP contribution in [0.25, 0.3) is 52.7 Å². The van der Waals surface area contributed by atoms with Crippen LogP contribution in [-0.2, 0) is 5.41 Å². The van der Waals surface area contributed by atoms with Crippen LogP contribution in [0.3, 0.4) is 0 Å². The van der Waals surface area contributed by atoms with Crippen LogP contribution in [-0.4, -0.2) is 13.7 Å². The molecule has 0 spiro atoms. The van der Waals surface area contributed by atoms with E-state index in [-0.39, 0.29) is 5.41 Å². The van der Waals surface area contributed by atoms with Gasteiger partial charge in [-0.15, -0.1) is 0 Å². The third-order valence-electron chi connectivity index (χ3n) is 13.5. The zero-order valence-corrected chi connectivity index (χ0v) is 40.3. The van der Waals surface area contributed by atoms with Crippen molar-refractivity contribution in [2.45, 2.75) is 123 Å². The van der Waals surface area contributed by atoms with Gasteiger partial charge in [-0.1, -0.05) is 214 Å². The van der Waals surface area contributed by atoms with E-state index in [2.05, 4.69) is 113 Å². The number of hydrogen-bond acceptors (Lipinski definition) is 4. The number of unbranched alkanes of at least 4 members (excludes halogenated alkanes) is 7. The number of benzene rings is 5. The lowest BCUT2D eigenvalue weighted by atomic mass is 9.70. The SMILES string of the molecule is C=Cc1cc(OCC(CC)CCCC)c(/C=C/c2ccc(/C(C#N)=C/c3ccc4c(c3)C(CCCCCC)(CCCCCC)c3cc(/C=C(\C#N)c5ccccc5)ccc3-4)cc2)cc1OC. The first-order chi connectivity index (χ1) is 32.3. The summed E-state index contributed by atoms with van der Waals surface area (Å²) in [7, 11) is 1.68. The molecule has 0 heterocycles. The quantitative estimate of drug-likeness (QED) is 0.0333. The van der Waals surface area contributed by atoms with Gasteiger partial charge in [0.15, 0.2) is 0 Å². The zero-order chi connectivity index (χ0) is 46.7. The van der Waals surface area contributed by atoms with Crippen molar-refractivity contribution in [3.8, 4) is 34.8 Å². The first-order valence-electron chi connectivity index (χ1n) is 24.7. The summed E-state index contributed by atoms with van der Waals surface area (Å²) in [6, 6.07) is 40.9. The highest BCUT2D eigenvalue weighted by atomic mass is 16.5. The van der Waals surface area contributed by atoms with Gasteiger partial charge in [-0.05, 0) is 99.5 Å². The topological polar surface area (TPSA) is 66.0 Å². The molecule has 4 nitrogen and oxygen atoms in total. The predicted molar refractivity (Wildman–Crippen MR) is 281 cm³/mol. The minimum atomic E-state index is -0.159. The number of allylic oxidation sites excluding steroid dienone is 2. The average Bonchev–Trinajstić information content (AvgIpc) is 3.62. The van der Waals surface area contributed by atoms with E-state index in [9.17, 15) is 10.5 Å². The molecular formula is C62H70N2O2. The summed E-state index contributed by atoms with van der Waals surface area (Å²) in [5.74, 6) is 2.08. The van der Waals surface area contributed by atoms with Gasteiger partial charge in [0.25, 0.3) is 0 Å². The van der Waals surface area contributed by atoms with Crippen molar-refractivity contribution >= 4 is 41.5 Å². The van der Waals surface area contributed by atoms with E-state index in [0.717, 1.165) is 89.0 Å². The molecule has 6 rings (SSSR count). The molecule has 340 valence electrons. The summed E-state index contributed by atoms with van der Waals surface area (Å²) in [5, 5.41) is 20.9. The second kappa shape index (κ2) is 24.8. The van der Waals surface area contributed by atoms with Crippen molar-refractivity contribution in [1.29, 1.82) is 10.5 Å². The Morgan fingerprint density at radius 1 is 0.606 bits per heavy atom. The molecule has 1 unspecified atom stereocenters. The molecule has 0 fully saturated rings. The van der Waals surface area contributed by atoms with Crippen molar-refractivity contribution in [2.75, 3.05) is 13.7 Å². The summed E-state index contributed by atoms with van der Waals surface area (Å²) < 4.78 is 12.2. The van der Waals surface area contributed by atoms with E-state index in [1.165, 1.54) is 73.6 Å². The van der Waals surface area contributed by atoms with Gasteiger partial charge in [-0.3, -0.25) is 0 Å². The second-order valence-electron chi connectivity index (χ2n) is 18.0. The molecule has 66 heavy (non-hydrogen) atoms. The maximum Gasteiger partial charge on any atom is 0.127 e. The molecule has 5 aromatic rings. The van der Waals surface area contributed by atoms with Gasteiger partial charge in [0.2, 0.25) is 0 Å². The Morgan fingerprint density at radius 2 is 1.15 bits per heavy atom. The Hall–Kier alpha value is -6.36. The van der Waals surface area contributed by atoms with Crippen molar-refractivity contribution in [2.24, 2.45) is 5.92 Å². The van der Waals surface area contributed by atoms with Crippen LogP contribution in [0.5, 0.6) is 11.5 Å². The van der Waals surface area contributed by atoms with Crippen LogP contribution in [0, 0.1) is 28.6 Å². The van der Waals surface area contributed by atoms with Gasteiger partial charge in [-0.25, -0.2) is 0 Å². The summed E-state index contributed by atoms with van der Waals surface area (Å²) in [5.41, 5.74) is 13.2. The van der Waals surface area contributed by atoms with E-state index in [1.54, 1.807) is 7.11 Å². The van der Waals surface area contributed by atoms with Crippen LogP contribution in [0.1, 0.15) is 168 Å². The second-order valence-corrected chi connectivity index (χ2v) is 18.0. The fraction of sp³-hybridized carbons (Fsp3) is 0.355. The average molecular weight is 875 g/mol. The third kappa shape index (κ3) is 12.1. The van der Waals surface area contributed by atoms with Crippen LogP contribution >= 0.6 is 0 Å². The molecule has 5 aromatic carbocycles. The van der Waals surface area contributed by atoms with Crippen molar-refractivity contribution in [1.82, 2.24) is 0 Å². The minimum Gasteiger partial charge on any atom is -0.496 e. The highest BCUT2D eigenvalue weighted by Gasteiger charge is 2.42. The van der Waals surface area contributed by atoms with Gasteiger partial charge < -0.3 is 9.47 Å². The molecule has 0 amide bonds. The molecular weight excluding hydrogens is 805 g/mol. The van der Waals surface area contributed by atoms with Crippen LogP contribution in [0.4, 0.5) is 0 Å². The Labute approximate surface area is 397 Å². The molecule has 0 radical (unpaired) electrons. The standard InChI is InChI=1S/C62H70N2O2/c1-7-12-15-20-35-62(36-21-16-13-8-2)58-39-48(37-54(43-63)51-23-18-17-19-24-51)28-33-56(58)57-34-29-49(40-59(57)62)38-55(44-64)52-30-25-47(26-31-52)27-32-53-42-60(65-6)50(11-5)41-61(53)66-45-46(10-4)22-14-9-3/h11,17-19,23-34,37-42,46H,5,7-10,12-16,20-22,35-36,45H2,1-4,6H3/b32-27+,54-37+,55-38+. The molecule has 0 N–H and O–H groups in total. The lowest BCUT2D eigenvalue weighted by Gasteiger charge is -2.33. The van der Waals surface area contributed by atoms with Gasteiger partial charge in [0.05, 0.1) is 37.0 Å². The minimum absolute atomic E-state index is 0.159. The van der Waals surface area contributed by atoms with E-state index in [0.29, 0.717) is 23.7 Å². The van der Waals surface area contributed by atoms with Gasteiger partial charge in [0.1, 0.15) is 11.5 Å². The number of fused-ring (bicyclic) bond motifs is 3. The summed E-state index contributed by atoms with van der Waals surface area (Å²) in [6.07, 6.45) is 26.4. The molecule has 1 aliphatic carbocycles. The molecule has 4 heteroatoms. The van der Waals surface area contributed by atoms with Crippen molar-refractivity contribution in [3.63, 3.8) is 0 Å². The molecule has 0 saturated heterocycles. The Kier molecular flexibility index (Phi) is 18.4. The smallest absolute Gasteiger partial charge is 0.127 e. The first kappa shape index (κ1) is 49.1. The van der Waals surface area contributed by atoms with Crippen LogP contribution in [0.15, 0.2) is 110 Å². The van der Waals surface area contributed by atoms with Crippen molar-refractivity contribution < 1.29 is 9.47 Å². The maximum atomic E-state index is 10.6. The van der Waals surface area contributed by atoms with Gasteiger partial charge >= 0.3 is 0 Å². The van der Waals surface area contributed by atoms with Gasteiger partial charge in [-0.2, -0.15) is 10.5 Å².